The maximum Gasteiger partial charge on any atom is 0.177 e. The van der Waals surface area contributed by atoms with Gasteiger partial charge in [-0.15, -0.1) is 11.3 Å². The van der Waals surface area contributed by atoms with Gasteiger partial charge < -0.3 is 0 Å². The third kappa shape index (κ3) is 2.80. The molecule has 0 aliphatic rings. The predicted octanol–water partition coefficient (Wildman–Crippen LogP) is 4.30. The number of thiophene rings is 2. The minimum atomic E-state index is 0.152. The molecule has 3 aromatic heterocycles. The van der Waals surface area contributed by atoms with Crippen molar-refractivity contribution in [3.63, 3.8) is 0 Å². The van der Waals surface area contributed by atoms with Crippen LogP contribution < -0.4 is 0 Å². The number of hydrogen-bond acceptors (Lipinski definition) is 4. The number of hydrogen-bond donors (Lipinski definition) is 0. The molecule has 0 radical (unpaired) electrons. The second-order valence-corrected chi connectivity index (χ2v) is 6.00. The lowest BCUT2D eigenvalue weighted by Crippen LogP contribution is -2.00. The van der Waals surface area contributed by atoms with Crippen molar-refractivity contribution in [2.24, 2.45) is 0 Å². The molecular formula is C15H11NOS2. The van der Waals surface area contributed by atoms with E-state index in [1.807, 2.05) is 29.6 Å². The highest BCUT2D eigenvalue weighted by atomic mass is 32.1. The van der Waals surface area contributed by atoms with Gasteiger partial charge in [-0.25, -0.2) is 0 Å². The van der Waals surface area contributed by atoms with Crippen LogP contribution in [0.5, 0.6) is 0 Å². The van der Waals surface area contributed by atoms with Crippen molar-refractivity contribution in [3.05, 3.63) is 63.9 Å². The van der Waals surface area contributed by atoms with Crippen LogP contribution in [-0.4, -0.2) is 10.8 Å². The van der Waals surface area contributed by atoms with Crippen molar-refractivity contribution < 1.29 is 4.79 Å². The van der Waals surface area contributed by atoms with E-state index in [1.54, 1.807) is 35.1 Å². The highest BCUT2D eigenvalue weighted by Gasteiger charge is 2.11. The molecule has 0 N–H and O–H groups in total. The van der Waals surface area contributed by atoms with Gasteiger partial charge in [0.2, 0.25) is 0 Å². The number of rotatable bonds is 4. The van der Waals surface area contributed by atoms with Crippen LogP contribution in [0.25, 0.3) is 10.4 Å². The summed E-state index contributed by atoms with van der Waals surface area (Å²) in [4.78, 5) is 18.2. The van der Waals surface area contributed by atoms with Crippen molar-refractivity contribution in [1.82, 2.24) is 4.98 Å². The molecule has 0 fully saturated rings. The molecule has 0 spiro atoms. The lowest BCUT2D eigenvalue weighted by Gasteiger charge is -1.97. The zero-order valence-electron chi connectivity index (χ0n) is 10.1. The standard InChI is InChI=1S/C15H11NOS2/c17-13(8-11-2-1-6-16-9-11)15-4-3-14(19-15)12-5-7-18-10-12/h1-7,9-10H,8H2. The first-order valence-corrected chi connectivity index (χ1v) is 7.63. The maximum absolute atomic E-state index is 12.2. The van der Waals surface area contributed by atoms with E-state index in [9.17, 15) is 4.79 Å². The molecule has 3 heterocycles. The van der Waals surface area contributed by atoms with Gasteiger partial charge in [0.25, 0.3) is 0 Å². The zero-order chi connectivity index (χ0) is 13.1. The highest BCUT2D eigenvalue weighted by molar-refractivity contribution is 7.17. The molecule has 0 bridgehead atoms. The van der Waals surface area contributed by atoms with E-state index in [2.05, 4.69) is 16.4 Å². The van der Waals surface area contributed by atoms with Gasteiger partial charge >= 0.3 is 0 Å². The number of carbonyl (C=O) groups excluding carboxylic acids is 1. The monoisotopic (exact) mass is 285 g/mol. The molecule has 0 aliphatic carbocycles. The summed E-state index contributed by atoms with van der Waals surface area (Å²) in [5.41, 5.74) is 2.15. The summed E-state index contributed by atoms with van der Waals surface area (Å²) in [7, 11) is 0. The largest absolute Gasteiger partial charge is 0.293 e. The molecule has 0 aliphatic heterocycles. The van der Waals surface area contributed by atoms with Gasteiger partial charge in [-0.3, -0.25) is 9.78 Å². The molecule has 94 valence electrons. The van der Waals surface area contributed by atoms with Crippen LogP contribution in [-0.2, 0) is 6.42 Å². The second kappa shape index (κ2) is 5.47. The van der Waals surface area contributed by atoms with Crippen LogP contribution in [0.2, 0.25) is 0 Å². The van der Waals surface area contributed by atoms with Gasteiger partial charge in [0.05, 0.1) is 4.88 Å². The summed E-state index contributed by atoms with van der Waals surface area (Å²) in [6, 6.07) is 9.79. The Labute approximate surface area is 119 Å². The predicted molar refractivity (Wildman–Crippen MR) is 79.9 cm³/mol. The van der Waals surface area contributed by atoms with Crippen LogP contribution in [0, 0.1) is 0 Å². The van der Waals surface area contributed by atoms with Gasteiger partial charge in [-0.2, -0.15) is 11.3 Å². The van der Waals surface area contributed by atoms with E-state index < -0.39 is 0 Å². The van der Waals surface area contributed by atoms with Crippen LogP contribution in [0.1, 0.15) is 15.2 Å². The van der Waals surface area contributed by atoms with Crippen molar-refractivity contribution in [2.75, 3.05) is 0 Å². The summed E-state index contributed by atoms with van der Waals surface area (Å²) < 4.78 is 0. The summed E-state index contributed by atoms with van der Waals surface area (Å²) in [6.45, 7) is 0. The third-order valence-electron chi connectivity index (χ3n) is 2.77. The molecule has 0 unspecified atom stereocenters. The maximum atomic E-state index is 12.2. The van der Waals surface area contributed by atoms with E-state index in [0.717, 1.165) is 15.3 Å². The van der Waals surface area contributed by atoms with E-state index in [0.29, 0.717) is 6.42 Å². The Balaban J connectivity index is 1.78. The van der Waals surface area contributed by atoms with Gasteiger partial charge in [0, 0.05) is 29.3 Å². The number of aromatic nitrogens is 1. The van der Waals surface area contributed by atoms with E-state index in [-0.39, 0.29) is 5.78 Å². The zero-order valence-corrected chi connectivity index (χ0v) is 11.7. The number of pyridine rings is 1. The lowest BCUT2D eigenvalue weighted by molar-refractivity contribution is 0.0997. The average molecular weight is 285 g/mol. The summed E-state index contributed by atoms with van der Waals surface area (Å²) in [5.74, 6) is 0.152. The molecular weight excluding hydrogens is 274 g/mol. The van der Waals surface area contributed by atoms with Crippen molar-refractivity contribution >= 4 is 28.5 Å². The average Bonchev–Trinajstić information content (AvgIpc) is 3.11. The van der Waals surface area contributed by atoms with E-state index in [1.165, 1.54) is 5.56 Å². The molecule has 3 rings (SSSR count). The molecule has 2 nitrogen and oxygen atoms in total. The number of ketones is 1. The van der Waals surface area contributed by atoms with E-state index in [4.69, 9.17) is 0 Å². The molecule has 4 heteroatoms. The summed E-state index contributed by atoms with van der Waals surface area (Å²) in [6.07, 6.45) is 3.87. The summed E-state index contributed by atoms with van der Waals surface area (Å²) in [5, 5.41) is 4.15. The Hall–Kier alpha value is -1.78. The first-order chi connectivity index (χ1) is 9.33. The van der Waals surface area contributed by atoms with Crippen molar-refractivity contribution in [1.29, 1.82) is 0 Å². The van der Waals surface area contributed by atoms with E-state index >= 15 is 0 Å². The normalized spacial score (nSPS) is 10.5. The topological polar surface area (TPSA) is 30.0 Å². The number of carbonyl (C=O) groups is 1. The Bertz CT molecular complexity index is 671. The minimum Gasteiger partial charge on any atom is -0.293 e. The molecule has 0 amide bonds. The quantitative estimate of drug-likeness (QED) is 0.669. The van der Waals surface area contributed by atoms with Crippen molar-refractivity contribution in [3.8, 4) is 10.4 Å². The smallest absolute Gasteiger partial charge is 0.177 e. The molecule has 0 saturated carbocycles. The molecule has 0 saturated heterocycles. The molecule has 0 atom stereocenters. The van der Waals surface area contributed by atoms with Gasteiger partial charge in [-0.05, 0) is 40.6 Å². The Morgan fingerprint density at radius 1 is 1.21 bits per heavy atom. The second-order valence-electron chi connectivity index (χ2n) is 4.14. The fourth-order valence-corrected chi connectivity index (χ4v) is 3.49. The Morgan fingerprint density at radius 2 is 2.16 bits per heavy atom. The molecule has 3 aromatic rings. The fourth-order valence-electron chi connectivity index (χ4n) is 1.82. The van der Waals surface area contributed by atoms with Crippen LogP contribution in [0.4, 0.5) is 0 Å². The summed E-state index contributed by atoms with van der Waals surface area (Å²) >= 11 is 3.22. The Kier molecular flexibility index (Phi) is 3.53. The van der Waals surface area contributed by atoms with Crippen molar-refractivity contribution in [2.45, 2.75) is 6.42 Å². The van der Waals surface area contributed by atoms with Gasteiger partial charge in [0.1, 0.15) is 0 Å². The van der Waals surface area contributed by atoms with Crippen LogP contribution in [0.3, 0.4) is 0 Å². The fraction of sp³-hybridized carbons (Fsp3) is 0.0667. The number of Topliss-reactive ketones (excluding diaryl/α,β-unsaturated/α-hetero) is 1. The first-order valence-electron chi connectivity index (χ1n) is 5.87. The minimum absolute atomic E-state index is 0.152. The first kappa shape index (κ1) is 12.3. The lowest BCUT2D eigenvalue weighted by atomic mass is 10.1. The third-order valence-corrected chi connectivity index (χ3v) is 4.63. The SMILES string of the molecule is O=C(Cc1cccnc1)c1ccc(-c2ccsc2)s1. The number of nitrogens with zero attached hydrogens (tertiary/aromatic N) is 1. The van der Waals surface area contributed by atoms with Gasteiger partial charge in [0.15, 0.2) is 5.78 Å². The Morgan fingerprint density at radius 3 is 2.89 bits per heavy atom. The molecule has 19 heavy (non-hydrogen) atoms. The highest BCUT2D eigenvalue weighted by Crippen LogP contribution is 2.30. The van der Waals surface area contributed by atoms with Gasteiger partial charge in [-0.1, -0.05) is 6.07 Å². The van der Waals surface area contributed by atoms with Crippen LogP contribution >= 0.6 is 22.7 Å². The molecule has 0 aromatic carbocycles. The van der Waals surface area contributed by atoms with Crippen LogP contribution in [0.15, 0.2) is 53.5 Å².